The van der Waals surface area contributed by atoms with E-state index in [2.05, 4.69) is 5.32 Å². The molecule has 1 aromatic carbocycles. The SMILES string of the molecule is CN(CC(=O)O)C(=O)NCc1cccc(F)c1. The molecule has 5 nitrogen and oxygen atoms in total. The molecule has 0 aliphatic heterocycles. The molecule has 2 amide bonds. The molecule has 0 atom stereocenters. The van der Waals surface area contributed by atoms with E-state index in [1.54, 1.807) is 6.07 Å². The second-order valence-corrected chi connectivity index (χ2v) is 3.54. The summed E-state index contributed by atoms with van der Waals surface area (Å²) in [6.45, 7) is -0.227. The van der Waals surface area contributed by atoms with Gasteiger partial charge < -0.3 is 15.3 Å². The van der Waals surface area contributed by atoms with Crippen LogP contribution in [0.3, 0.4) is 0 Å². The zero-order valence-electron chi connectivity index (χ0n) is 9.31. The third kappa shape index (κ3) is 4.50. The molecule has 0 aliphatic rings. The van der Waals surface area contributed by atoms with E-state index in [0.29, 0.717) is 5.56 Å². The second-order valence-electron chi connectivity index (χ2n) is 3.54. The highest BCUT2D eigenvalue weighted by Crippen LogP contribution is 2.02. The zero-order valence-corrected chi connectivity index (χ0v) is 9.31. The maximum atomic E-state index is 12.8. The molecule has 0 spiro atoms. The number of carboxylic acids is 1. The maximum absolute atomic E-state index is 12.8. The Kier molecular flexibility index (Phi) is 4.45. The number of urea groups is 1. The Hall–Kier alpha value is -2.11. The van der Waals surface area contributed by atoms with Gasteiger partial charge in [-0.3, -0.25) is 4.79 Å². The molecule has 6 heteroatoms. The fourth-order valence-corrected chi connectivity index (χ4v) is 1.23. The highest BCUT2D eigenvalue weighted by atomic mass is 19.1. The van der Waals surface area contributed by atoms with Gasteiger partial charge in [-0.15, -0.1) is 0 Å². The molecule has 1 aromatic rings. The van der Waals surface area contributed by atoms with Crippen LogP contribution in [0.25, 0.3) is 0 Å². The van der Waals surface area contributed by atoms with Crippen molar-refractivity contribution in [3.63, 3.8) is 0 Å². The molecule has 0 fully saturated rings. The van der Waals surface area contributed by atoms with Gasteiger partial charge in [0.1, 0.15) is 12.4 Å². The molecule has 0 aromatic heterocycles. The van der Waals surface area contributed by atoms with Crippen LogP contribution >= 0.6 is 0 Å². The van der Waals surface area contributed by atoms with E-state index < -0.39 is 12.0 Å². The second kappa shape index (κ2) is 5.83. The van der Waals surface area contributed by atoms with Crippen LogP contribution in [0.15, 0.2) is 24.3 Å². The molecule has 0 bridgehead atoms. The topological polar surface area (TPSA) is 69.6 Å². The minimum absolute atomic E-state index is 0.153. The molecule has 0 aliphatic carbocycles. The maximum Gasteiger partial charge on any atom is 0.323 e. The summed E-state index contributed by atoms with van der Waals surface area (Å²) >= 11 is 0. The van der Waals surface area contributed by atoms with Crippen LogP contribution in [0.1, 0.15) is 5.56 Å². The van der Waals surface area contributed by atoms with Gasteiger partial charge in [0.15, 0.2) is 0 Å². The van der Waals surface area contributed by atoms with Gasteiger partial charge in [-0.1, -0.05) is 12.1 Å². The highest BCUT2D eigenvalue weighted by molar-refractivity contribution is 5.79. The molecular weight excluding hydrogens is 227 g/mol. The number of aliphatic carboxylic acids is 1. The largest absolute Gasteiger partial charge is 0.480 e. The Morgan fingerprint density at radius 3 is 2.76 bits per heavy atom. The lowest BCUT2D eigenvalue weighted by molar-refractivity contribution is -0.137. The molecule has 0 heterocycles. The van der Waals surface area contributed by atoms with Crippen molar-refractivity contribution in [3.05, 3.63) is 35.6 Å². The fraction of sp³-hybridized carbons (Fsp3) is 0.273. The van der Waals surface area contributed by atoms with Crippen LogP contribution in [0.2, 0.25) is 0 Å². The Bertz CT molecular complexity index is 423. The van der Waals surface area contributed by atoms with Crippen molar-refractivity contribution >= 4 is 12.0 Å². The van der Waals surface area contributed by atoms with Gasteiger partial charge in [0.2, 0.25) is 0 Å². The van der Waals surface area contributed by atoms with Crippen LogP contribution in [-0.4, -0.2) is 35.6 Å². The van der Waals surface area contributed by atoms with Crippen LogP contribution in [0, 0.1) is 5.82 Å². The first kappa shape index (κ1) is 13.0. The number of amides is 2. The van der Waals surface area contributed by atoms with Crippen molar-refractivity contribution in [2.75, 3.05) is 13.6 Å². The van der Waals surface area contributed by atoms with E-state index in [4.69, 9.17) is 5.11 Å². The Balaban J connectivity index is 2.45. The number of carboxylic acid groups (broad SMARTS) is 1. The summed E-state index contributed by atoms with van der Waals surface area (Å²) in [5, 5.41) is 11.0. The molecule has 2 N–H and O–H groups in total. The molecule has 17 heavy (non-hydrogen) atoms. The fourth-order valence-electron chi connectivity index (χ4n) is 1.23. The summed E-state index contributed by atoms with van der Waals surface area (Å²) in [4.78, 5) is 22.8. The van der Waals surface area contributed by atoms with Crippen molar-refractivity contribution in [2.24, 2.45) is 0 Å². The predicted molar refractivity (Wildman–Crippen MR) is 58.9 cm³/mol. The van der Waals surface area contributed by atoms with E-state index >= 15 is 0 Å². The first-order chi connectivity index (χ1) is 7.99. The summed E-state index contributed by atoms with van der Waals surface area (Å²) < 4.78 is 12.8. The van der Waals surface area contributed by atoms with Crippen LogP contribution in [0.5, 0.6) is 0 Å². The number of carbonyl (C=O) groups excluding carboxylic acids is 1. The number of hydrogen-bond acceptors (Lipinski definition) is 2. The number of nitrogens with one attached hydrogen (secondary N) is 1. The van der Waals surface area contributed by atoms with Gasteiger partial charge in [-0.25, -0.2) is 9.18 Å². The first-order valence-corrected chi connectivity index (χ1v) is 4.94. The van der Waals surface area contributed by atoms with Crippen molar-refractivity contribution in [3.8, 4) is 0 Å². The molecule has 0 unspecified atom stereocenters. The van der Waals surface area contributed by atoms with Gasteiger partial charge in [0.25, 0.3) is 0 Å². The van der Waals surface area contributed by atoms with E-state index in [9.17, 15) is 14.0 Å². The minimum atomic E-state index is -1.09. The van der Waals surface area contributed by atoms with Crippen molar-refractivity contribution in [1.29, 1.82) is 0 Å². The molecule has 0 saturated carbocycles. The predicted octanol–water partition coefficient (Wildman–Crippen LogP) is 1.05. The van der Waals surface area contributed by atoms with E-state index in [1.165, 1.54) is 25.2 Å². The van der Waals surface area contributed by atoms with Crippen molar-refractivity contribution < 1.29 is 19.1 Å². The standard InChI is InChI=1S/C11H13FN2O3/c1-14(7-10(15)16)11(17)13-6-8-3-2-4-9(12)5-8/h2-5H,6-7H2,1H3,(H,13,17)(H,15,16). The number of nitrogens with zero attached hydrogens (tertiary/aromatic N) is 1. The van der Waals surface area contributed by atoms with Crippen LogP contribution in [0.4, 0.5) is 9.18 Å². The normalized spacial score (nSPS) is 9.76. The number of hydrogen-bond donors (Lipinski definition) is 2. The molecule has 0 saturated heterocycles. The number of carbonyl (C=O) groups is 2. The molecular formula is C11H13FN2O3. The lowest BCUT2D eigenvalue weighted by atomic mass is 10.2. The average Bonchev–Trinajstić information content (AvgIpc) is 2.25. The Morgan fingerprint density at radius 2 is 2.18 bits per heavy atom. The van der Waals surface area contributed by atoms with E-state index in [1.807, 2.05) is 0 Å². The average molecular weight is 240 g/mol. The monoisotopic (exact) mass is 240 g/mol. The molecule has 0 radical (unpaired) electrons. The van der Waals surface area contributed by atoms with E-state index in [-0.39, 0.29) is 18.9 Å². The van der Waals surface area contributed by atoms with Gasteiger partial charge in [0.05, 0.1) is 0 Å². The van der Waals surface area contributed by atoms with Gasteiger partial charge in [0, 0.05) is 13.6 Å². The van der Waals surface area contributed by atoms with E-state index in [0.717, 1.165) is 4.90 Å². The summed E-state index contributed by atoms with van der Waals surface area (Å²) in [6.07, 6.45) is 0. The number of halogens is 1. The molecule has 1 rings (SSSR count). The lowest BCUT2D eigenvalue weighted by Crippen LogP contribution is -2.39. The van der Waals surface area contributed by atoms with Gasteiger partial charge in [-0.2, -0.15) is 0 Å². The first-order valence-electron chi connectivity index (χ1n) is 4.94. The Labute approximate surface area is 97.8 Å². The summed E-state index contributed by atoms with van der Waals surface area (Å²) in [7, 11) is 1.37. The van der Waals surface area contributed by atoms with Crippen molar-refractivity contribution in [2.45, 2.75) is 6.54 Å². The van der Waals surface area contributed by atoms with Gasteiger partial charge in [-0.05, 0) is 17.7 Å². The third-order valence-corrected chi connectivity index (χ3v) is 2.05. The molecule has 92 valence electrons. The quantitative estimate of drug-likeness (QED) is 0.826. The number of likely N-dealkylation sites (N-methyl/N-ethyl adjacent to an activating group) is 1. The smallest absolute Gasteiger partial charge is 0.323 e. The van der Waals surface area contributed by atoms with Crippen LogP contribution < -0.4 is 5.32 Å². The van der Waals surface area contributed by atoms with Crippen molar-refractivity contribution in [1.82, 2.24) is 10.2 Å². The summed E-state index contributed by atoms with van der Waals surface area (Å²) in [5.41, 5.74) is 0.613. The minimum Gasteiger partial charge on any atom is -0.480 e. The number of benzene rings is 1. The lowest BCUT2D eigenvalue weighted by Gasteiger charge is -2.15. The highest BCUT2D eigenvalue weighted by Gasteiger charge is 2.11. The third-order valence-electron chi connectivity index (χ3n) is 2.05. The Morgan fingerprint density at radius 1 is 1.47 bits per heavy atom. The van der Waals surface area contributed by atoms with Gasteiger partial charge >= 0.3 is 12.0 Å². The zero-order chi connectivity index (χ0) is 12.8. The summed E-state index contributed by atoms with van der Waals surface area (Å²) in [5.74, 6) is -1.47. The number of rotatable bonds is 4. The van der Waals surface area contributed by atoms with Crippen LogP contribution in [-0.2, 0) is 11.3 Å². The summed E-state index contributed by atoms with van der Waals surface area (Å²) in [6, 6.07) is 5.30.